The highest BCUT2D eigenvalue weighted by Crippen LogP contribution is 2.41. The summed E-state index contributed by atoms with van der Waals surface area (Å²) in [5.41, 5.74) is 8.25. The third-order valence-electron chi connectivity index (χ3n) is 9.88. The van der Waals surface area contributed by atoms with Crippen molar-refractivity contribution < 1.29 is 57.3 Å². The number of thiazole rings is 1. The van der Waals surface area contributed by atoms with Gasteiger partial charge in [0.15, 0.2) is 28.4 Å². The molecule has 2 amide bonds. The molecule has 0 radical (unpaired) electrons. The van der Waals surface area contributed by atoms with E-state index in [9.17, 15) is 28.8 Å². The Kier molecular flexibility index (Phi) is 15.4. The van der Waals surface area contributed by atoms with E-state index in [-0.39, 0.29) is 40.2 Å². The minimum Gasteiger partial charge on any atom is -0.497 e. The van der Waals surface area contributed by atoms with E-state index >= 15 is 0 Å². The molecule has 3 N–H and O–H groups in total. The van der Waals surface area contributed by atoms with Crippen LogP contribution in [0.4, 0.5) is 5.13 Å². The predicted octanol–water partition coefficient (Wildman–Crippen LogP) is 6.21. The van der Waals surface area contributed by atoms with Crippen molar-refractivity contribution in [3.05, 3.63) is 148 Å². The summed E-state index contributed by atoms with van der Waals surface area (Å²) in [5, 5.41) is 7.70. The quantitative estimate of drug-likeness (QED) is 0.0201. The largest absolute Gasteiger partial charge is 0.497 e. The number of methoxy groups -OCH3 is 1. The number of hydrogen-bond acceptors (Lipinski definition) is 17. The number of carbonyl (C=O) groups excluding carboxylic acids is 6. The first kappa shape index (κ1) is 47.2. The number of nitrogens with zero attached hydrogens (tertiary/aromatic N) is 3. The number of β-lactam (4-membered cyclic amide) rings is 1. The van der Waals surface area contributed by atoms with Crippen LogP contribution >= 0.6 is 45.7 Å². The number of halogens is 1. The highest BCUT2D eigenvalue weighted by Gasteiger charge is 2.54. The van der Waals surface area contributed by atoms with E-state index in [1.54, 1.807) is 79.9 Å². The standard InChI is InChI=1S/C46H40IN5O12S2/c1-25(53)61-34-19-16-30(20-35(34)62-26(2)54)40(45(58)63-39(28-10-6-4-7-11-28)29-12-8-5-9-13-29)64-51-36(33-24-66-46(48)49-33)41(55)50-37-42(56)52-38(31(21-47)23-65-43(37)52)44(57)60-22-27-14-17-32(59-3)18-15-27/h4-20,24,37,39-40,43H,21-23H2,1-3H3,(H2,48,49)(H,50,55)/t37-,40?,43-/m1/s1. The number of fused-ring (bicyclic) bond motifs is 1. The van der Waals surface area contributed by atoms with Gasteiger partial charge in [-0.05, 0) is 46.5 Å². The van der Waals surface area contributed by atoms with E-state index in [2.05, 4.69) is 38.0 Å². The first-order valence-corrected chi connectivity index (χ1v) is 23.4. The van der Waals surface area contributed by atoms with Crippen LogP contribution in [0, 0.1) is 0 Å². The number of benzene rings is 4. The lowest BCUT2D eigenvalue weighted by atomic mass is 10.0. The Morgan fingerprint density at radius 3 is 2.14 bits per heavy atom. The molecule has 0 aliphatic carbocycles. The van der Waals surface area contributed by atoms with Gasteiger partial charge in [0.25, 0.3) is 11.8 Å². The molecule has 0 spiro atoms. The molecule has 0 saturated carbocycles. The second kappa shape index (κ2) is 21.5. The molecule has 66 heavy (non-hydrogen) atoms. The summed E-state index contributed by atoms with van der Waals surface area (Å²) in [6.07, 6.45) is -2.71. The van der Waals surface area contributed by atoms with Crippen LogP contribution < -0.4 is 25.3 Å². The van der Waals surface area contributed by atoms with E-state index < -0.39 is 65.0 Å². The Balaban J connectivity index is 1.18. The number of alkyl halides is 1. The molecule has 1 fully saturated rings. The Morgan fingerprint density at radius 1 is 0.894 bits per heavy atom. The molecule has 1 aromatic heterocycles. The van der Waals surface area contributed by atoms with Gasteiger partial charge in [0.1, 0.15) is 35.2 Å². The van der Waals surface area contributed by atoms with Gasteiger partial charge in [-0.1, -0.05) is 107 Å². The molecule has 20 heteroatoms. The molecule has 7 rings (SSSR count). The van der Waals surface area contributed by atoms with Crippen molar-refractivity contribution in [2.75, 3.05) is 23.0 Å². The predicted molar refractivity (Wildman–Crippen MR) is 250 cm³/mol. The van der Waals surface area contributed by atoms with Crippen LogP contribution in [-0.4, -0.2) is 80.0 Å². The summed E-state index contributed by atoms with van der Waals surface area (Å²) in [5.74, 6) is -3.97. The second-order valence-corrected chi connectivity index (χ2v) is 17.2. The number of anilines is 1. The molecule has 5 aromatic rings. The van der Waals surface area contributed by atoms with Gasteiger partial charge in [-0.3, -0.25) is 24.1 Å². The van der Waals surface area contributed by atoms with Crippen molar-refractivity contribution >= 4 is 92.2 Å². The molecule has 2 aliphatic heterocycles. The van der Waals surface area contributed by atoms with Crippen LogP contribution in [0.1, 0.15) is 54.0 Å². The molecule has 3 atom stereocenters. The van der Waals surface area contributed by atoms with E-state index in [0.29, 0.717) is 38.2 Å². The fraction of sp³-hybridized carbons (Fsp3) is 0.217. The third kappa shape index (κ3) is 11.0. The van der Waals surface area contributed by atoms with Gasteiger partial charge >= 0.3 is 23.9 Å². The average molecular weight is 1050 g/mol. The van der Waals surface area contributed by atoms with Crippen molar-refractivity contribution in [3.8, 4) is 17.2 Å². The van der Waals surface area contributed by atoms with E-state index in [1.165, 1.54) is 40.2 Å². The van der Waals surface area contributed by atoms with Crippen LogP contribution in [0.25, 0.3) is 0 Å². The SMILES string of the molecule is COc1ccc(COC(=O)C2=C(CI)CS[C@@H]3[C@H](NC(=O)C(=NOC(C(=O)OC(c4ccccc4)c4ccccc4)c4ccc(OC(C)=O)c(OC(C)=O)c4)c4csc(N)n4)C(=O)N23)cc1. The first-order chi connectivity index (χ1) is 31.8. The maximum absolute atomic E-state index is 14.5. The number of nitrogens with one attached hydrogen (secondary N) is 1. The smallest absolute Gasteiger partial charge is 0.355 e. The average Bonchev–Trinajstić information content (AvgIpc) is 3.76. The zero-order valence-electron chi connectivity index (χ0n) is 35.3. The van der Waals surface area contributed by atoms with Crippen LogP contribution in [0.2, 0.25) is 0 Å². The number of nitrogen functional groups attached to an aromatic ring is 1. The minimum atomic E-state index is -1.77. The van der Waals surface area contributed by atoms with Gasteiger partial charge in [-0.2, -0.15) is 0 Å². The Morgan fingerprint density at radius 2 is 1.55 bits per heavy atom. The number of nitrogens with two attached hydrogens (primary N) is 1. The van der Waals surface area contributed by atoms with Crippen molar-refractivity contribution in [2.45, 2.75) is 44.1 Å². The summed E-state index contributed by atoms with van der Waals surface area (Å²) in [4.78, 5) is 91.9. The normalized spacial score (nSPS) is 16.0. The Bertz CT molecular complexity index is 2660. The Labute approximate surface area is 399 Å². The second-order valence-electron chi connectivity index (χ2n) is 14.4. The fourth-order valence-corrected chi connectivity index (χ4v) is 9.68. The monoisotopic (exact) mass is 1050 g/mol. The van der Waals surface area contributed by atoms with Crippen molar-refractivity contribution in [1.29, 1.82) is 0 Å². The molecule has 4 aromatic carbocycles. The Hall–Kier alpha value is -6.78. The lowest BCUT2D eigenvalue weighted by Crippen LogP contribution is -2.71. The summed E-state index contributed by atoms with van der Waals surface area (Å²) in [7, 11) is 1.55. The topological polar surface area (TPSA) is 224 Å². The zero-order valence-corrected chi connectivity index (χ0v) is 39.1. The van der Waals surface area contributed by atoms with Gasteiger partial charge < -0.3 is 39.6 Å². The number of aromatic nitrogens is 1. The molecule has 2 aliphatic rings. The van der Waals surface area contributed by atoms with Gasteiger partial charge in [0, 0.05) is 35.0 Å². The first-order valence-electron chi connectivity index (χ1n) is 19.9. The van der Waals surface area contributed by atoms with E-state index in [0.717, 1.165) is 25.2 Å². The lowest BCUT2D eigenvalue weighted by Gasteiger charge is -2.49. The maximum Gasteiger partial charge on any atom is 0.355 e. The van der Waals surface area contributed by atoms with Crippen molar-refractivity contribution in [3.63, 3.8) is 0 Å². The van der Waals surface area contributed by atoms with Gasteiger partial charge in [0.2, 0.25) is 6.10 Å². The lowest BCUT2D eigenvalue weighted by molar-refractivity contribution is -0.162. The van der Waals surface area contributed by atoms with Crippen LogP contribution in [0.5, 0.6) is 17.2 Å². The molecular weight excluding hydrogens is 1010 g/mol. The molecule has 1 unspecified atom stereocenters. The van der Waals surface area contributed by atoms with Gasteiger partial charge in [0.05, 0.1) is 7.11 Å². The van der Waals surface area contributed by atoms with Crippen LogP contribution in [0.15, 0.2) is 125 Å². The summed E-state index contributed by atoms with van der Waals surface area (Å²) >= 11 is 4.47. The van der Waals surface area contributed by atoms with Crippen LogP contribution in [0.3, 0.4) is 0 Å². The molecule has 1 saturated heterocycles. The van der Waals surface area contributed by atoms with Crippen molar-refractivity contribution in [2.24, 2.45) is 5.16 Å². The fourth-order valence-electron chi connectivity index (χ4n) is 6.79. The molecule has 3 heterocycles. The molecular formula is C46H40IN5O12S2. The third-order valence-corrected chi connectivity index (χ3v) is 12.8. The number of hydrogen-bond donors (Lipinski definition) is 2. The molecule has 0 bridgehead atoms. The van der Waals surface area contributed by atoms with Gasteiger partial charge in [-0.25, -0.2) is 14.6 Å². The van der Waals surface area contributed by atoms with Crippen molar-refractivity contribution in [1.82, 2.24) is 15.2 Å². The van der Waals surface area contributed by atoms with Crippen LogP contribution in [-0.2, 0) is 49.7 Å². The zero-order chi connectivity index (χ0) is 46.9. The highest BCUT2D eigenvalue weighted by atomic mass is 127. The maximum atomic E-state index is 14.5. The number of carbonyl (C=O) groups is 6. The molecule has 17 nitrogen and oxygen atoms in total. The molecule has 340 valence electrons. The number of ether oxygens (including phenoxy) is 5. The number of rotatable bonds is 17. The highest BCUT2D eigenvalue weighted by molar-refractivity contribution is 14.1. The summed E-state index contributed by atoms with van der Waals surface area (Å²) in [6, 6.07) is 27.7. The summed E-state index contributed by atoms with van der Waals surface area (Å²) < 4.78 is 28.0. The summed E-state index contributed by atoms with van der Waals surface area (Å²) in [6.45, 7) is 2.25. The van der Waals surface area contributed by atoms with Gasteiger partial charge in [-0.15, -0.1) is 23.1 Å². The minimum absolute atomic E-state index is 0.0148. The number of thioether (sulfide) groups is 1. The van der Waals surface area contributed by atoms with E-state index in [1.807, 2.05) is 12.1 Å². The number of oxime groups is 1. The number of amides is 2. The van der Waals surface area contributed by atoms with E-state index in [4.69, 9.17) is 34.3 Å². The number of esters is 4.